The summed E-state index contributed by atoms with van der Waals surface area (Å²) >= 11 is 0. The van der Waals surface area contributed by atoms with Crippen LogP contribution in [0.15, 0.2) is 18.2 Å². The summed E-state index contributed by atoms with van der Waals surface area (Å²) in [5.74, 6) is 1.85. The van der Waals surface area contributed by atoms with Gasteiger partial charge in [0.1, 0.15) is 11.4 Å². The summed E-state index contributed by atoms with van der Waals surface area (Å²) in [6.45, 7) is 12.0. The van der Waals surface area contributed by atoms with Gasteiger partial charge in [0.2, 0.25) is 0 Å². The molecule has 1 aromatic carbocycles. The van der Waals surface area contributed by atoms with Crippen molar-refractivity contribution in [1.82, 2.24) is 4.90 Å². The molecule has 0 saturated heterocycles. The number of carbonyl (C=O) groups is 1. The van der Waals surface area contributed by atoms with Crippen molar-refractivity contribution < 1.29 is 14.3 Å². The van der Waals surface area contributed by atoms with Gasteiger partial charge in [-0.15, -0.1) is 0 Å². The Morgan fingerprint density at radius 1 is 1.13 bits per heavy atom. The van der Waals surface area contributed by atoms with Gasteiger partial charge in [-0.3, -0.25) is 4.90 Å². The van der Waals surface area contributed by atoms with E-state index < -0.39 is 5.60 Å². The van der Waals surface area contributed by atoms with Crippen LogP contribution in [0.4, 0.5) is 10.5 Å². The van der Waals surface area contributed by atoms with E-state index in [2.05, 4.69) is 24.0 Å². The molecule has 2 N–H and O–H groups in total. The maximum atomic E-state index is 13.3. The summed E-state index contributed by atoms with van der Waals surface area (Å²) in [7, 11) is 0. The summed E-state index contributed by atoms with van der Waals surface area (Å²) in [5, 5.41) is 0. The predicted molar refractivity (Wildman–Crippen MR) is 125 cm³/mol. The van der Waals surface area contributed by atoms with Gasteiger partial charge in [0.15, 0.2) is 0 Å². The first kappa shape index (κ1) is 22.0. The number of nitrogen functional groups attached to an aromatic ring is 1. The van der Waals surface area contributed by atoms with Crippen LogP contribution in [0, 0.1) is 18.8 Å². The molecule has 5 nitrogen and oxygen atoms in total. The zero-order valence-corrected chi connectivity index (χ0v) is 19.9. The second-order valence-corrected chi connectivity index (χ2v) is 10.9. The van der Waals surface area contributed by atoms with Gasteiger partial charge in [-0.05, 0) is 114 Å². The molecule has 4 rings (SSSR count). The third-order valence-electron chi connectivity index (χ3n) is 6.42. The Hall–Kier alpha value is -2.17. The molecule has 3 aliphatic rings. The number of ether oxygens (including phenoxy) is 2. The normalized spacial score (nSPS) is 24.2. The van der Waals surface area contributed by atoms with Crippen molar-refractivity contribution in [1.29, 1.82) is 0 Å². The molecule has 2 saturated carbocycles. The fourth-order valence-corrected chi connectivity index (χ4v) is 4.76. The van der Waals surface area contributed by atoms with E-state index in [1.165, 1.54) is 36.8 Å². The number of nitrogens with two attached hydrogens (primary N) is 1. The number of anilines is 1. The Morgan fingerprint density at radius 2 is 1.77 bits per heavy atom. The lowest BCUT2D eigenvalue weighted by Gasteiger charge is -2.42. The Kier molecular flexibility index (Phi) is 5.74. The monoisotopic (exact) mass is 426 g/mol. The largest absolute Gasteiger partial charge is 0.489 e. The van der Waals surface area contributed by atoms with Crippen LogP contribution >= 0.6 is 0 Å². The molecule has 2 fully saturated rings. The predicted octanol–water partition coefficient (Wildman–Crippen LogP) is 5.95. The molecule has 1 aliphatic heterocycles. The molecular weight excluding hydrogens is 388 g/mol. The minimum Gasteiger partial charge on any atom is -0.489 e. The number of hydrogen-bond donors (Lipinski definition) is 1. The minimum absolute atomic E-state index is 0.0688. The van der Waals surface area contributed by atoms with Gasteiger partial charge in [0, 0.05) is 6.04 Å². The van der Waals surface area contributed by atoms with Crippen LogP contribution in [-0.4, -0.2) is 34.8 Å². The SMILES string of the molecule is Cc1cc(N)c(OC(C)C)cc1C1=C[C@@H](C2CC2)N(C(=O)OC(C)(C)C)[C@@H](C2CC2)C1. The fourth-order valence-electron chi connectivity index (χ4n) is 4.76. The van der Waals surface area contributed by atoms with Crippen LogP contribution < -0.4 is 10.5 Å². The van der Waals surface area contributed by atoms with Crippen LogP contribution in [0.25, 0.3) is 5.57 Å². The number of amides is 1. The summed E-state index contributed by atoms with van der Waals surface area (Å²) in [6, 6.07) is 4.43. The van der Waals surface area contributed by atoms with Crippen molar-refractivity contribution >= 4 is 17.4 Å². The first-order valence-corrected chi connectivity index (χ1v) is 11.8. The highest BCUT2D eigenvalue weighted by Gasteiger charge is 2.48. The molecule has 1 amide bonds. The van der Waals surface area contributed by atoms with Gasteiger partial charge < -0.3 is 15.2 Å². The van der Waals surface area contributed by atoms with E-state index >= 15 is 0 Å². The van der Waals surface area contributed by atoms with Crippen molar-refractivity contribution in [3.63, 3.8) is 0 Å². The van der Waals surface area contributed by atoms with E-state index in [9.17, 15) is 4.79 Å². The van der Waals surface area contributed by atoms with Crippen molar-refractivity contribution in [3.05, 3.63) is 29.3 Å². The molecule has 5 heteroatoms. The van der Waals surface area contributed by atoms with Crippen LogP contribution in [0.1, 0.15) is 77.8 Å². The molecule has 1 heterocycles. The quantitative estimate of drug-likeness (QED) is 0.591. The number of benzene rings is 1. The van der Waals surface area contributed by atoms with E-state index in [0.717, 1.165) is 17.7 Å². The number of hydrogen-bond acceptors (Lipinski definition) is 4. The molecule has 0 unspecified atom stereocenters. The average molecular weight is 427 g/mol. The second kappa shape index (κ2) is 8.07. The zero-order valence-electron chi connectivity index (χ0n) is 19.9. The summed E-state index contributed by atoms with van der Waals surface area (Å²) in [5.41, 5.74) is 10.1. The molecule has 2 atom stereocenters. The van der Waals surface area contributed by atoms with E-state index in [1.54, 1.807) is 0 Å². The lowest BCUT2D eigenvalue weighted by molar-refractivity contribution is 0.00368. The van der Waals surface area contributed by atoms with Crippen molar-refractivity contribution in [3.8, 4) is 5.75 Å². The Bertz CT molecular complexity index is 875. The summed E-state index contributed by atoms with van der Waals surface area (Å²) in [4.78, 5) is 15.4. The van der Waals surface area contributed by atoms with Gasteiger partial charge in [-0.2, -0.15) is 0 Å². The maximum absolute atomic E-state index is 13.3. The number of aryl methyl sites for hydroxylation is 1. The Balaban J connectivity index is 1.71. The molecule has 0 aromatic heterocycles. The van der Waals surface area contributed by atoms with Gasteiger partial charge in [-0.1, -0.05) is 6.08 Å². The zero-order chi connectivity index (χ0) is 22.5. The Labute approximate surface area is 187 Å². The van der Waals surface area contributed by atoms with Crippen molar-refractivity contribution in [2.45, 2.75) is 97.4 Å². The maximum Gasteiger partial charge on any atom is 0.411 e. The number of rotatable bonds is 5. The molecule has 170 valence electrons. The highest BCUT2D eigenvalue weighted by Crippen LogP contribution is 2.48. The fraction of sp³-hybridized carbons (Fsp3) is 0.654. The van der Waals surface area contributed by atoms with Crippen LogP contribution in [0.2, 0.25) is 0 Å². The highest BCUT2D eigenvalue weighted by atomic mass is 16.6. The van der Waals surface area contributed by atoms with Gasteiger partial charge in [0.05, 0.1) is 17.8 Å². The lowest BCUT2D eigenvalue weighted by Crippen LogP contribution is -2.52. The first-order valence-electron chi connectivity index (χ1n) is 11.8. The molecule has 0 spiro atoms. The standard InChI is InChI=1S/C26H38N2O3/c1-15(2)30-24-14-20(16(3)11-21(24)27)19-12-22(17-7-8-17)28(23(13-19)18-9-10-18)25(29)31-26(4,5)6/h11-12,14-15,17-18,22-23H,7-10,13,27H2,1-6H3/t22-,23+/m0/s1. The smallest absolute Gasteiger partial charge is 0.411 e. The number of carbonyl (C=O) groups excluding carboxylic acids is 1. The van der Waals surface area contributed by atoms with E-state index in [4.69, 9.17) is 15.2 Å². The molecule has 31 heavy (non-hydrogen) atoms. The summed E-state index contributed by atoms with van der Waals surface area (Å²) < 4.78 is 11.8. The lowest BCUT2D eigenvalue weighted by atomic mass is 9.85. The van der Waals surface area contributed by atoms with E-state index in [0.29, 0.717) is 17.5 Å². The molecule has 2 aliphatic carbocycles. The van der Waals surface area contributed by atoms with Crippen LogP contribution in [0.5, 0.6) is 5.75 Å². The summed E-state index contributed by atoms with van der Waals surface area (Å²) in [6.07, 6.45) is 7.83. The third kappa shape index (κ3) is 5.02. The number of nitrogens with zero attached hydrogens (tertiary/aromatic N) is 1. The van der Waals surface area contributed by atoms with Crippen LogP contribution in [-0.2, 0) is 4.74 Å². The Morgan fingerprint density at radius 3 is 2.32 bits per heavy atom. The minimum atomic E-state index is -0.486. The van der Waals surface area contributed by atoms with E-state index in [1.807, 2.05) is 40.7 Å². The third-order valence-corrected chi connectivity index (χ3v) is 6.42. The topological polar surface area (TPSA) is 64.8 Å². The van der Waals surface area contributed by atoms with Crippen molar-refractivity contribution in [2.75, 3.05) is 5.73 Å². The van der Waals surface area contributed by atoms with Gasteiger partial charge >= 0.3 is 6.09 Å². The average Bonchev–Trinajstić information content (AvgIpc) is 3.53. The van der Waals surface area contributed by atoms with E-state index in [-0.39, 0.29) is 24.3 Å². The molecular formula is C26H38N2O3. The van der Waals surface area contributed by atoms with Crippen LogP contribution in [0.3, 0.4) is 0 Å². The van der Waals surface area contributed by atoms with Crippen molar-refractivity contribution in [2.24, 2.45) is 11.8 Å². The molecule has 1 aromatic rings. The molecule has 0 bridgehead atoms. The first-order chi connectivity index (χ1) is 14.5. The van der Waals surface area contributed by atoms with Gasteiger partial charge in [0.25, 0.3) is 0 Å². The second-order valence-electron chi connectivity index (χ2n) is 10.9. The van der Waals surface area contributed by atoms with Gasteiger partial charge in [-0.25, -0.2) is 4.79 Å². The molecule has 0 radical (unpaired) electrons. The highest BCUT2D eigenvalue weighted by molar-refractivity contribution is 5.78.